The molecule has 1 aliphatic rings. The molecule has 0 saturated heterocycles. The SMILES string of the molecule is CC(=O)C1(O)C(=O)C=CC(C)=C1Cc1ccccc1. The molecular formula is C16H16O3. The van der Waals surface area contributed by atoms with Gasteiger partial charge in [-0.3, -0.25) is 9.59 Å². The van der Waals surface area contributed by atoms with Gasteiger partial charge in [-0.25, -0.2) is 0 Å². The Morgan fingerprint density at radius 1 is 1.21 bits per heavy atom. The number of Topliss-reactive ketones (excluding diaryl/α,β-unsaturated/α-hetero) is 1. The van der Waals surface area contributed by atoms with Crippen molar-refractivity contribution in [2.24, 2.45) is 0 Å². The highest BCUT2D eigenvalue weighted by atomic mass is 16.3. The molecule has 3 heteroatoms. The largest absolute Gasteiger partial charge is 0.371 e. The first-order valence-electron chi connectivity index (χ1n) is 6.16. The highest BCUT2D eigenvalue weighted by molar-refractivity contribution is 6.18. The highest BCUT2D eigenvalue weighted by Crippen LogP contribution is 2.30. The fraction of sp³-hybridized carbons (Fsp3) is 0.250. The molecule has 1 aromatic rings. The molecule has 1 aliphatic carbocycles. The van der Waals surface area contributed by atoms with Crippen LogP contribution in [-0.2, 0) is 16.0 Å². The second-order valence-electron chi connectivity index (χ2n) is 4.79. The average molecular weight is 256 g/mol. The zero-order chi connectivity index (χ0) is 14.0. The Hall–Kier alpha value is -2.00. The van der Waals surface area contributed by atoms with Crippen LogP contribution in [0.1, 0.15) is 19.4 Å². The lowest BCUT2D eigenvalue weighted by molar-refractivity contribution is -0.142. The maximum atomic E-state index is 11.9. The predicted molar refractivity (Wildman–Crippen MR) is 72.6 cm³/mol. The van der Waals surface area contributed by atoms with Crippen LogP contribution in [0.3, 0.4) is 0 Å². The standard InChI is InChI=1S/C16H16O3/c1-11-8-9-15(18)16(19,12(2)17)14(11)10-13-6-4-3-5-7-13/h3-9,19H,10H2,1-2H3. The Balaban J connectivity index is 2.47. The van der Waals surface area contributed by atoms with Crippen molar-refractivity contribution in [1.82, 2.24) is 0 Å². The van der Waals surface area contributed by atoms with E-state index in [1.807, 2.05) is 30.3 Å². The van der Waals surface area contributed by atoms with Gasteiger partial charge in [-0.2, -0.15) is 0 Å². The molecule has 2 rings (SSSR count). The zero-order valence-electron chi connectivity index (χ0n) is 11.0. The Morgan fingerprint density at radius 2 is 1.84 bits per heavy atom. The summed E-state index contributed by atoms with van der Waals surface area (Å²) in [6, 6.07) is 9.48. The molecule has 0 aliphatic heterocycles. The Kier molecular flexibility index (Phi) is 3.49. The number of carbonyl (C=O) groups is 2. The van der Waals surface area contributed by atoms with Gasteiger partial charge < -0.3 is 5.11 Å². The minimum atomic E-state index is -2.01. The number of aliphatic hydroxyl groups is 1. The van der Waals surface area contributed by atoms with Crippen molar-refractivity contribution in [3.8, 4) is 0 Å². The first-order chi connectivity index (χ1) is 8.96. The minimum absolute atomic E-state index is 0.388. The summed E-state index contributed by atoms with van der Waals surface area (Å²) in [5.41, 5.74) is 0.189. The quantitative estimate of drug-likeness (QED) is 0.842. The van der Waals surface area contributed by atoms with Crippen molar-refractivity contribution < 1.29 is 14.7 Å². The number of ketones is 2. The third-order valence-electron chi connectivity index (χ3n) is 3.49. The molecule has 0 spiro atoms. The van der Waals surface area contributed by atoms with E-state index in [2.05, 4.69) is 0 Å². The molecule has 0 amide bonds. The lowest BCUT2D eigenvalue weighted by atomic mass is 9.77. The fourth-order valence-electron chi connectivity index (χ4n) is 2.31. The number of benzene rings is 1. The molecule has 19 heavy (non-hydrogen) atoms. The lowest BCUT2D eigenvalue weighted by Gasteiger charge is -2.30. The molecule has 3 nitrogen and oxygen atoms in total. The Labute approximate surface area is 112 Å². The number of rotatable bonds is 3. The molecule has 0 aromatic heterocycles. The molecule has 1 aromatic carbocycles. The first kappa shape index (κ1) is 13.4. The summed E-state index contributed by atoms with van der Waals surface area (Å²) in [6.45, 7) is 3.05. The van der Waals surface area contributed by atoms with Crippen LogP contribution >= 0.6 is 0 Å². The van der Waals surface area contributed by atoms with Crippen LogP contribution in [0.25, 0.3) is 0 Å². The lowest BCUT2D eigenvalue weighted by Crippen LogP contribution is -2.48. The van der Waals surface area contributed by atoms with E-state index < -0.39 is 17.2 Å². The van der Waals surface area contributed by atoms with E-state index in [9.17, 15) is 14.7 Å². The third-order valence-corrected chi connectivity index (χ3v) is 3.49. The predicted octanol–water partition coefficient (Wildman–Crippen LogP) is 2.00. The van der Waals surface area contributed by atoms with Crippen molar-refractivity contribution in [3.63, 3.8) is 0 Å². The highest BCUT2D eigenvalue weighted by Gasteiger charge is 2.45. The van der Waals surface area contributed by atoms with Crippen molar-refractivity contribution in [2.75, 3.05) is 0 Å². The van der Waals surface area contributed by atoms with Crippen molar-refractivity contribution in [3.05, 3.63) is 59.2 Å². The van der Waals surface area contributed by atoms with Gasteiger partial charge in [-0.05, 0) is 43.1 Å². The van der Waals surface area contributed by atoms with E-state index in [0.717, 1.165) is 11.1 Å². The van der Waals surface area contributed by atoms with Gasteiger partial charge in [-0.1, -0.05) is 36.4 Å². The molecule has 1 atom stereocenters. The summed E-state index contributed by atoms with van der Waals surface area (Å²) in [5, 5.41) is 10.5. The number of carbonyl (C=O) groups excluding carboxylic acids is 2. The molecule has 0 radical (unpaired) electrons. The van der Waals surface area contributed by atoms with Crippen molar-refractivity contribution in [1.29, 1.82) is 0 Å². The van der Waals surface area contributed by atoms with Crippen LogP contribution in [0.4, 0.5) is 0 Å². The number of allylic oxidation sites excluding steroid dienone is 2. The Morgan fingerprint density at radius 3 is 2.42 bits per heavy atom. The van der Waals surface area contributed by atoms with Crippen molar-refractivity contribution >= 4 is 11.6 Å². The van der Waals surface area contributed by atoms with Crippen LogP contribution < -0.4 is 0 Å². The third kappa shape index (κ3) is 2.29. The van der Waals surface area contributed by atoms with E-state index in [1.54, 1.807) is 13.0 Å². The van der Waals surface area contributed by atoms with E-state index in [0.29, 0.717) is 12.0 Å². The maximum absolute atomic E-state index is 11.9. The van der Waals surface area contributed by atoms with Crippen LogP contribution in [-0.4, -0.2) is 22.3 Å². The van der Waals surface area contributed by atoms with Crippen LogP contribution in [0.15, 0.2) is 53.6 Å². The summed E-state index contributed by atoms with van der Waals surface area (Å²) in [6.07, 6.45) is 3.31. The van der Waals surface area contributed by atoms with E-state index in [1.165, 1.54) is 13.0 Å². The maximum Gasteiger partial charge on any atom is 0.207 e. The molecular weight excluding hydrogens is 240 g/mol. The molecule has 0 saturated carbocycles. The van der Waals surface area contributed by atoms with E-state index in [-0.39, 0.29) is 0 Å². The molecule has 1 unspecified atom stereocenters. The van der Waals surface area contributed by atoms with Gasteiger partial charge in [0.2, 0.25) is 5.60 Å². The van der Waals surface area contributed by atoms with Gasteiger partial charge in [0.1, 0.15) is 0 Å². The molecule has 0 heterocycles. The summed E-state index contributed by atoms with van der Waals surface area (Å²) >= 11 is 0. The van der Waals surface area contributed by atoms with E-state index >= 15 is 0 Å². The minimum Gasteiger partial charge on any atom is -0.371 e. The second-order valence-corrected chi connectivity index (χ2v) is 4.79. The molecule has 1 N–H and O–H groups in total. The average Bonchev–Trinajstić information content (AvgIpc) is 2.40. The summed E-state index contributed by atoms with van der Waals surface area (Å²) in [7, 11) is 0. The molecule has 98 valence electrons. The summed E-state index contributed by atoms with van der Waals surface area (Å²) in [5.74, 6) is -1.09. The zero-order valence-corrected chi connectivity index (χ0v) is 11.0. The number of hydrogen-bond donors (Lipinski definition) is 1. The smallest absolute Gasteiger partial charge is 0.207 e. The normalized spacial score (nSPS) is 22.8. The summed E-state index contributed by atoms with van der Waals surface area (Å²) < 4.78 is 0. The Bertz CT molecular complexity index is 581. The summed E-state index contributed by atoms with van der Waals surface area (Å²) in [4.78, 5) is 23.7. The van der Waals surface area contributed by atoms with Crippen LogP contribution in [0.5, 0.6) is 0 Å². The number of hydrogen-bond acceptors (Lipinski definition) is 3. The van der Waals surface area contributed by atoms with Gasteiger partial charge >= 0.3 is 0 Å². The fourth-order valence-corrected chi connectivity index (χ4v) is 2.31. The van der Waals surface area contributed by atoms with Gasteiger partial charge in [0.05, 0.1) is 0 Å². The van der Waals surface area contributed by atoms with Gasteiger partial charge in [0.25, 0.3) is 0 Å². The van der Waals surface area contributed by atoms with Crippen LogP contribution in [0, 0.1) is 0 Å². The monoisotopic (exact) mass is 256 g/mol. The van der Waals surface area contributed by atoms with Gasteiger partial charge in [0, 0.05) is 0 Å². The first-order valence-corrected chi connectivity index (χ1v) is 6.16. The van der Waals surface area contributed by atoms with Crippen LogP contribution in [0.2, 0.25) is 0 Å². The van der Waals surface area contributed by atoms with Crippen molar-refractivity contribution in [2.45, 2.75) is 25.9 Å². The van der Waals surface area contributed by atoms with Gasteiger partial charge in [0.15, 0.2) is 11.6 Å². The molecule has 0 fully saturated rings. The van der Waals surface area contributed by atoms with E-state index in [4.69, 9.17) is 0 Å². The second kappa shape index (κ2) is 4.94. The molecule has 0 bridgehead atoms. The van der Waals surface area contributed by atoms with Gasteiger partial charge in [-0.15, -0.1) is 0 Å². The topological polar surface area (TPSA) is 54.4 Å².